The van der Waals surface area contributed by atoms with Gasteiger partial charge < -0.3 is 14.7 Å². The lowest BCUT2D eigenvalue weighted by atomic mass is 9.96. The minimum atomic E-state index is -0.0841. The monoisotopic (exact) mass is 334 g/mol. The first-order valence-corrected chi connectivity index (χ1v) is 9.05. The van der Waals surface area contributed by atoms with Crippen LogP contribution in [0, 0.1) is 5.92 Å². The van der Waals surface area contributed by atoms with Crippen LogP contribution in [0.25, 0.3) is 0 Å². The summed E-state index contributed by atoms with van der Waals surface area (Å²) in [7, 11) is 0. The van der Waals surface area contributed by atoms with Gasteiger partial charge in [-0.25, -0.2) is 0 Å². The molecule has 0 bridgehead atoms. The maximum absolute atomic E-state index is 12.4. The number of piperidine rings is 1. The van der Waals surface area contributed by atoms with Gasteiger partial charge in [-0.2, -0.15) is 4.98 Å². The van der Waals surface area contributed by atoms with E-state index in [9.17, 15) is 9.59 Å². The Bertz CT molecular complexity index is 582. The van der Waals surface area contributed by atoms with Crippen molar-refractivity contribution in [3.8, 4) is 0 Å². The Morgan fingerprint density at radius 1 is 1.33 bits per heavy atom. The van der Waals surface area contributed by atoms with Gasteiger partial charge >= 0.3 is 0 Å². The van der Waals surface area contributed by atoms with E-state index >= 15 is 0 Å². The molecule has 2 amide bonds. The fourth-order valence-electron chi connectivity index (χ4n) is 3.06. The molecule has 1 N–H and O–H groups in total. The van der Waals surface area contributed by atoms with E-state index in [0.717, 1.165) is 44.5 Å². The molecule has 0 radical (unpaired) electrons. The zero-order valence-corrected chi connectivity index (χ0v) is 14.3. The molecule has 24 heavy (non-hydrogen) atoms. The van der Waals surface area contributed by atoms with Gasteiger partial charge in [0, 0.05) is 38.4 Å². The molecular formula is C17H26N4O3. The minimum absolute atomic E-state index is 0.0640. The van der Waals surface area contributed by atoms with Crippen molar-refractivity contribution in [2.75, 3.05) is 19.6 Å². The molecule has 1 unspecified atom stereocenters. The van der Waals surface area contributed by atoms with Crippen molar-refractivity contribution < 1.29 is 14.1 Å². The van der Waals surface area contributed by atoms with Crippen molar-refractivity contribution >= 4 is 11.8 Å². The lowest BCUT2D eigenvalue weighted by Crippen LogP contribution is -2.45. The predicted octanol–water partition coefficient (Wildman–Crippen LogP) is 1.64. The highest BCUT2D eigenvalue weighted by atomic mass is 16.5. The smallest absolute Gasteiger partial charge is 0.227 e. The number of carbonyl (C=O) groups excluding carboxylic acids is 2. The predicted molar refractivity (Wildman–Crippen MR) is 87.2 cm³/mol. The van der Waals surface area contributed by atoms with Crippen LogP contribution in [0.1, 0.15) is 63.1 Å². The highest BCUT2D eigenvalue weighted by Gasteiger charge is 2.30. The van der Waals surface area contributed by atoms with Crippen molar-refractivity contribution in [2.45, 2.75) is 57.8 Å². The molecule has 0 aromatic carbocycles. The number of nitrogens with one attached hydrogen (secondary N) is 1. The summed E-state index contributed by atoms with van der Waals surface area (Å²) >= 11 is 0. The molecule has 7 heteroatoms. The van der Waals surface area contributed by atoms with Crippen molar-refractivity contribution in [2.24, 2.45) is 5.92 Å². The van der Waals surface area contributed by atoms with Crippen LogP contribution in [0.15, 0.2) is 4.52 Å². The number of aromatic nitrogens is 2. The molecule has 2 fully saturated rings. The number of rotatable bonds is 7. The normalized spacial score (nSPS) is 20.9. The van der Waals surface area contributed by atoms with E-state index < -0.39 is 0 Å². The van der Waals surface area contributed by atoms with Crippen molar-refractivity contribution in [3.63, 3.8) is 0 Å². The number of hydrogen-bond donors (Lipinski definition) is 1. The number of nitrogens with zero attached hydrogens (tertiary/aromatic N) is 3. The third-order valence-corrected chi connectivity index (χ3v) is 4.67. The second-order valence-electron chi connectivity index (χ2n) is 6.79. The molecule has 2 heterocycles. The quantitative estimate of drug-likeness (QED) is 0.819. The van der Waals surface area contributed by atoms with E-state index in [2.05, 4.69) is 15.5 Å². The molecule has 1 saturated heterocycles. The zero-order valence-electron chi connectivity index (χ0n) is 14.3. The van der Waals surface area contributed by atoms with Crippen LogP contribution in [-0.4, -0.2) is 46.5 Å². The molecule has 2 aliphatic rings. The Kier molecular flexibility index (Phi) is 5.48. The van der Waals surface area contributed by atoms with Crippen LogP contribution in [0.3, 0.4) is 0 Å². The number of likely N-dealkylation sites (tertiary alicyclic amines) is 1. The molecule has 1 aromatic heterocycles. The zero-order chi connectivity index (χ0) is 16.9. The topological polar surface area (TPSA) is 88.3 Å². The first kappa shape index (κ1) is 16.9. The second kappa shape index (κ2) is 7.77. The molecule has 1 atom stereocenters. The Morgan fingerprint density at radius 2 is 2.17 bits per heavy atom. The molecule has 7 nitrogen and oxygen atoms in total. The SMILES string of the molecule is CCCNC(=O)C1CCCN(C(=O)CCc2nc(C3CC3)no2)C1. The Morgan fingerprint density at radius 3 is 2.92 bits per heavy atom. The van der Waals surface area contributed by atoms with Crippen molar-refractivity contribution in [1.82, 2.24) is 20.4 Å². The summed E-state index contributed by atoms with van der Waals surface area (Å²) in [6.07, 6.45) is 5.75. The molecule has 1 aliphatic carbocycles. The average molecular weight is 334 g/mol. The maximum Gasteiger partial charge on any atom is 0.227 e. The van der Waals surface area contributed by atoms with Gasteiger partial charge in [0.25, 0.3) is 0 Å². The third-order valence-electron chi connectivity index (χ3n) is 4.67. The lowest BCUT2D eigenvalue weighted by Gasteiger charge is -2.32. The average Bonchev–Trinajstić information content (AvgIpc) is 3.36. The van der Waals surface area contributed by atoms with Crippen LogP contribution < -0.4 is 5.32 Å². The van der Waals surface area contributed by atoms with Crippen molar-refractivity contribution in [3.05, 3.63) is 11.7 Å². The number of amides is 2. The lowest BCUT2D eigenvalue weighted by molar-refractivity contribution is -0.135. The number of aryl methyl sites for hydroxylation is 1. The van der Waals surface area contributed by atoms with E-state index in [-0.39, 0.29) is 17.7 Å². The molecule has 1 saturated carbocycles. The fourth-order valence-corrected chi connectivity index (χ4v) is 3.06. The van der Waals surface area contributed by atoms with Gasteiger partial charge in [0.1, 0.15) is 0 Å². The van der Waals surface area contributed by atoms with E-state index in [0.29, 0.717) is 37.7 Å². The van der Waals surface area contributed by atoms with Crippen LogP contribution in [-0.2, 0) is 16.0 Å². The first-order valence-electron chi connectivity index (χ1n) is 9.05. The van der Waals surface area contributed by atoms with E-state index in [1.54, 1.807) is 4.90 Å². The van der Waals surface area contributed by atoms with E-state index in [1.807, 2.05) is 6.92 Å². The molecule has 3 rings (SSSR count). The van der Waals surface area contributed by atoms with Gasteiger partial charge in [-0.15, -0.1) is 0 Å². The van der Waals surface area contributed by atoms with Crippen LogP contribution in [0.2, 0.25) is 0 Å². The van der Waals surface area contributed by atoms with Crippen LogP contribution >= 0.6 is 0 Å². The Hall–Kier alpha value is -1.92. The Balaban J connectivity index is 1.45. The van der Waals surface area contributed by atoms with Crippen molar-refractivity contribution in [1.29, 1.82) is 0 Å². The fraction of sp³-hybridized carbons (Fsp3) is 0.765. The number of hydrogen-bond acceptors (Lipinski definition) is 5. The second-order valence-corrected chi connectivity index (χ2v) is 6.79. The summed E-state index contributed by atoms with van der Waals surface area (Å²) in [5.74, 6) is 1.83. The van der Waals surface area contributed by atoms with E-state index in [4.69, 9.17) is 4.52 Å². The Labute approximate surface area is 142 Å². The number of carbonyl (C=O) groups is 2. The first-order chi connectivity index (χ1) is 11.7. The standard InChI is InChI=1S/C17H26N4O3/c1-2-9-18-17(23)13-4-3-10-21(11-13)15(22)8-7-14-19-16(20-24-14)12-5-6-12/h12-13H,2-11H2,1H3,(H,18,23). The van der Waals surface area contributed by atoms with Gasteiger partial charge in [0.05, 0.1) is 5.92 Å². The molecule has 1 aliphatic heterocycles. The summed E-state index contributed by atoms with van der Waals surface area (Å²) in [6.45, 7) is 3.98. The highest BCUT2D eigenvalue weighted by Crippen LogP contribution is 2.38. The summed E-state index contributed by atoms with van der Waals surface area (Å²) in [5.41, 5.74) is 0. The minimum Gasteiger partial charge on any atom is -0.356 e. The highest BCUT2D eigenvalue weighted by molar-refractivity contribution is 5.81. The summed E-state index contributed by atoms with van der Waals surface area (Å²) in [5, 5.41) is 6.90. The summed E-state index contributed by atoms with van der Waals surface area (Å²) in [6, 6.07) is 0. The molecule has 1 aromatic rings. The van der Waals surface area contributed by atoms with Gasteiger partial charge in [0.15, 0.2) is 5.82 Å². The van der Waals surface area contributed by atoms with E-state index in [1.165, 1.54) is 0 Å². The maximum atomic E-state index is 12.4. The van der Waals surface area contributed by atoms with Gasteiger partial charge in [-0.05, 0) is 32.1 Å². The molecule has 0 spiro atoms. The third kappa shape index (κ3) is 4.33. The van der Waals surface area contributed by atoms with Crippen LogP contribution in [0.4, 0.5) is 0 Å². The van der Waals surface area contributed by atoms with Crippen LogP contribution in [0.5, 0.6) is 0 Å². The van der Waals surface area contributed by atoms with Gasteiger partial charge in [0.2, 0.25) is 17.7 Å². The summed E-state index contributed by atoms with van der Waals surface area (Å²) in [4.78, 5) is 30.7. The molecule has 132 valence electrons. The largest absolute Gasteiger partial charge is 0.356 e. The van der Waals surface area contributed by atoms with Gasteiger partial charge in [-0.1, -0.05) is 12.1 Å². The molecular weight excluding hydrogens is 308 g/mol. The van der Waals surface area contributed by atoms with Gasteiger partial charge in [-0.3, -0.25) is 9.59 Å². The summed E-state index contributed by atoms with van der Waals surface area (Å²) < 4.78 is 5.21.